The fraction of sp³-hybridized carbons (Fsp3) is 0.600. The predicted octanol–water partition coefficient (Wildman–Crippen LogP) is 2.35. The fourth-order valence-electron chi connectivity index (χ4n) is 3.28. The maximum Gasteiger partial charge on any atom is 0.221 e. The summed E-state index contributed by atoms with van der Waals surface area (Å²) in [5, 5.41) is 9.62. The van der Waals surface area contributed by atoms with Crippen LogP contribution in [0.1, 0.15) is 38.7 Å². The van der Waals surface area contributed by atoms with Crippen LogP contribution in [0.5, 0.6) is 0 Å². The number of aliphatic imine (C=N–C) groups is 1. The third kappa shape index (κ3) is 8.47. The molecule has 2 atom stereocenters. The van der Waals surface area contributed by atoms with Crippen molar-refractivity contribution in [3.05, 3.63) is 35.9 Å². The van der Waals surface area contributed by atoms with Crippen LogP contribution in [0.15, 0.2) is 35.3 Å². The van der Waals surface area contributed by atoms with Crippen LogP contribution in [0.2, 0.25) is 0 Å². The second-order valence-corrected chi connectivity index (χ2v) is 6.94. The Balaban J connectivity index is 0.00000364. The average molecular weight is 487 g/mol. The van der Waals surface area contributed by atoms with Gasteiger partial charge in [-0.25, -0.2) is 0 Å². The Morgan fingerprint density at radius 1 is 1.22 bits per heavy atom. The molecule has 152 valence electrons. The molecule has 1 fully saturated rings. The lowest BCUT2D eigenvalue weighted by Crippen LogP contribution is -2.45. The number of amides is 1. The van der Waals surface area contributed by atoms with Crippen LogP contribution in [-0.2, 0) is 11.3 Å². The summed E-state index contributed by atoms with van der Waals surface area (Å²) in [5.74, 6) is 0.852. The Morgan fingerprint density at radius 3 is 2.63 bits per heavy atom. The van der Waals surface area contributed by atoms with Gasteiger partial charge < -0.3 is 16.0 Å². The number of carbonyl (C=O) groups is 1. The lowest BCUT2D eigenvalue weighted by Gasteiger charge is -2.21. The molecule has 27 heavy (non-hydrogen) atoms. The lowest BCUT2D eigenvalue weighted by atomic mass is 10.2. The molecule has 1 aliphatic heterocycles. The molecule has 2 unspecified atom stereocenters. The summed E-state index contributed by atoms with van der Waals surface area (Å²) in [6, 6.07) is 11.5. The number of guanidine groups is 1. The second-order valence-electron chi connectivity index (χ2n) is 6.94. The summed E-state index contributed by atoms with van der Waals surface area (Å²) in [4.78, 5) is 18.4. The number of benzene rings is 1. The number of halogens is 1. The molecule has 0 spiro atoms. The molecule has 3 N–H and O–H groups in total. The fourth-order valence-corrected chi connectivity index (χ4v) is 3.28. The van der Waals surface area contributed by atoms with E-state index in [1.165, 1.54) is 5.56 Å². The third-order valence-electron chi connectivity index (χ3n) is 4.71. The van der Waals surface area contributed by atoms with Gasteiger partial charge in [-0.05, 0) is 25.3 Å². The van der Waals surface area contributed by atoms with E-state index in [-0.39, 0.29) is 29.9 Å². The van der Waals surface area contributed by atoms with Crippen LogP contribution in [-0.4, -0.2) is 55.5 Å². The molecule has 6 nitrogen and oxygen atoms in total. The van der Waals surface area contributed by atoms with Crippen molar-refractivity contribution in [1.82, 2.24) is 20.9 Å². The number of hydrogen-bond donors (Lipinski definition) is 3. The zero-order chi connectivity index (χ0) is 18.8. The summed E-state index contributed by atoms with van der Waals surface area (Å²) in [6.45, 7) is 7.62. The Hall–Kier alpha value is -1.35. The summed E-state index contributed by atoms with van der Waals surface area (Å²) in [5.41, 5.74) is 1.35. The number of hydrogen-bond acceptors (Lipinski definition) is 3. The van der Waals surface area contributed by atoms with Crippen LogP contribution in [0, 0.1) is 0 Å². The van der Waals surface area contributed by atoms with Gasteiger partial charge in [0.1, 0.15) is 0 Å². The van der Waals surface area contributed by atoms with E-state index in [2.05, 4.69) is 63.1 Å². The molecule has 2 rings (SSSR count). The van der Waals surface area contributed by atoms with E-state index in [0.29, 0.717) is 25.0 Å². The van der Waals surface area contributed by atoms with Gasteiger partial charge in [0.15, 0.2) is 5.96 Å². The zero-order valence-corrected chi connectivity index (χ0v) is 19.0. The first-order chi connectivity index (χ1) is 12.6. The number of likely N-dealkylation sites (tertiary alicyclic amines) is 1. The van der Waals surface area contributed by atoms with Gasteiger partial charge in [-0.2, -0.15) is 0 Å². The minimum atomic E-state index is 0. The number of nitrogens with one attached hydrogen (secondary N) is 3. The van der Waals surface area contributed by atoms with Crippen molar-refractivity contribution in [2.24, 2.45) is 4.99 Å². The van der Waals surface area contributed by atoms with Crippen molar-refractivity contribution >= 4 is 35.8 Å². The molecular weight excluding hydrogens is 453 g/mol. The van der Waals surface area contributed by atoms with Crippen LogP contribution in [0.4, 0.5) is 0 Å². The normalized spacial score (nSPS) is 20.0. The number of nitrogens with zero attached hydrogens (tertiary/aromatic N) is 2. The average Bonchev–Trinajstić information content (AvgIpc) is 2.99. The number of rotatable bonds is 8. The smallest absolute Gasteiger partial charge is 0.221 e. The van der Waals surface area contributed by atoms with E-state index < -0.39 is 0 Å². The van der Waals surface area contributed by atoms with Gasteiger partial charge in [-0.3, -0.25) is 14.7 Å². The molecule has 0 aliphatic carbocycles. The van der Waals surface area contributed by atoms with Crippen molar-refractivity contribution in [3.63, 3.8) is 0 Å². The van der Waals surface area contributed by atoms with Gasteiger partial charge in [0.25, 0.3) is 0 Å². The highest BCUT2D eigenvalue weighted by Crippen LogP contribution is 2.20. The van der Waals surface area contributed by atoms with Crippen molar-refractivity contribution < 1.29 is 4.79 Å². The maximum atomic E-state index is 11.7. The van der Waals surface area contributed by atoms with Crippen molar-refractivity contribution in [1.29, 1.82) is 0 Å². The highest BCUT2D eigenvalue weighted by atomic mass is 127. The SMILES string of the molecule is CCCNC(=O)CCNC(=NC)NC1CC(C)N(Cc2ccccc2)C1.I. The van der Waals surface area contributed by atoms with Gasteiger partial charge in [0.05, 0.1) is 0 Å². The lowest BCUT2D eigenvalue weighted by molar-refractivity contribution is -0.120. The Labute approximate surface area is 180 Å². The van der Waals surface area contributed by atoms with E-state index in [1.54, 1.807) is 7.05 Å². The monoisotopic (exact) mass is 487 g/mol. The topological polar surface area (TPSA) is 68.8 Å². The minimum absolute atomic E-state index is 0. The first-order valence-corrected chi connectivity index (χ1v) is 9.64. The second kappa shape index (κ2) is 12.9. The first-order valence-electron chi connectivity index (χ1n) is 9.64. The van der Waals surface area contributed by atoms with E-state index in [0.717, 1.165) is 38.4 Å². The van der Waals surface area contributed by atoms with Crippen molar-refractivity contribution in [2.45, 2.75) is 51.7 Å². The molecule has 1 heterocycles. The van der Waals surface area contributed by atoms with Crippen LogP contribution in [0.25, 0.3) is 0 Å². The van der Waals surface area contributed by atoms with Gasteiger partial charge in [0.2, 0.25) is 5.91 Å². The number of carbonyl (C=O) groups excluding carboxylic acids is 1. The van der Waals surface area contributed by atoms with Gasteiger partial charge in [-0.15, -0.1) is 24.0 Å². The first kappa shape index (κ1) is 23.7. The molecular formula is C20H34IN5O. The predicted molar refractivity (Wildman–Crippen MR) is 123 cm³/mol. The van der Waals surface area contributed by atoms with E-state index >= 15 is 0 Å². The minimum Gasteiger partial charge on any atom is -0.356 e. The standard InChI is InChI=1S/C20H33N5O.HI/c1-4-11-22-19(26)10-12-23-20(21-3)24-18-13-16(2)25(15-18)14-17-8-6-5-7-9-17;/h5-9,16,18H,4,10-15H2,1-3H3,(H,22,26)(H2,21,23,24);1H. The maximum absolute atomic E-state index is 11.7. The van der Waals surface area contributed by atoms with Crippen LogP contribution >= 0.6 is 24.0 Å². The Morgan fingerprint density at radius 2 is 1.96 bits per heavy atom. The van der Waals surface area contributed by atoms with Gasteiger partial charge in [-0.1, -0.05) is 37.3 Å². The molecule has 1 saturated heterocycles. The van der Waals surface area contributed by atoms with Gasteiger partial charge >= 0.3 is 0 Å². The molecule has 1 aliphatic rings. The highest BCUT2D eigenvalue weighted by Gasteiger charge is 2.29. The van der Waals surface area contributed by atoms with Crippen LogP contribution in [0.3, 0.4) is 0 Å². The summed E-state index contributed by atoms with van der Waals surface area (Å²) in [6.07, 6.45) is 2.51. The molecule has 7 heteroatoms. The molecule has 1 amide bonds. The largest absolute Gasteiger partial charge is 0.356 e. The Kier molecular flexibility index (Phi) is 11.3. The molecule has 0 radical (unpaired) electrons. The molecule has 0 aromatic heterocycles. The third-order valence-corrected chi connectivity index (χ3v) is 4.71. The molecule has 0 saturated carbocycles. The molecule has 1 aromatic carbocycles. The van der Waals surface area contributed by atoms with Crippen LogP contribution < -0.4 is 16.0 Å². The van der Waals surface area contributed by atoms with Gasteiger partial charge in [0, 0.05) is 51.7 Å². The van der Waals surface area contributed by atoms with Crippen molar-refractivity contribution in [3.8, 4) is 0 Å². The van der Waals surface area contributed by atoms with E-state index in [9.17, 15) is 4.79 Å². The van der Waals surface area contributed by atoms with E-state index in [1.807, 2.05) is 6.92 Å². The Bertz CT molecular complexity index is 581. The molecule has 1 aromatic rings. The highest BCUT2D eigenvalue weighted by molar-refractivity contribution is 14.0. The molecule has 0 bridgehead atoms. The zero-order valence-electron chi connectivity index (χ0n) is 16.7. The summed E-state index contributed by atoms with van der Waals surface area (Å²) < 4.78 is 0. The summed E-state index contributed by atoms with van der Waals surface area (Å²) >= 11 is 0. The summed E-state index contributed by atoms with van der Waals surface area (Å²) in [7, 11) is 1.77. The van der Waals surface area contributed by atoms with Crippen molar-refractivity contribution in [2.75, 3.05) is 26.7 Å². The van der Waals surface area contributed by atoms with E-state index in [4.69, 9.17) is 0 Å². The quantitative estimate of drug-likeness (QED) is 0.299.